The Kier molecular flexibility index (Phi) is 6.24. The first-order valence-electron chi connectivity index (χ1n) is 6.15. The van der Waals surface area contributed by atoms with Crippen LogP contribution in [0.15, 0.2) is 16.7 Å². The van der Waals surface area contributed by atoms with Crippen molar-refractivity contribution in [3.8, 4) is 0 Å². The Balaban J connectivity index is 2.93. The fourth-order valence-electron chi connectivity index (χ4n) is 1.71. The molecule has 6 heteroatoms. The van der Waals surface area contributed by atoms with Gasteiger partial charge in [0, 0.05) is 30.9 Å². The Labute approximate surface area is 122 Å². The number of rotatable bonds is 6. The minimum Gasteiger partial charge on any atom is -0.383 e. The highest BCUT2D eigenvalue weighted by molar-refractivity contribution is 9.10. The van der Waals surface area contributed by atoms with Gasteiger partial charge in [-0.15, -0.1) is 0 Å². The van der Waals surface area contributed by atoms with Crippen LogP contribution in [0.25, 0.3) is 0 Å². The second-order valence-electron chi connectivity index (χ2n) is 4.72. The van der Waals surface area contributed by atoms with E-state index in [-0.39, 0.29) is 11.7 Å². The molecule has 1 amide bonds. The van der Waals surface area contributed by atoms with Crippen molar-refractivity contribution in [2.24, 2.45) is 5.92 Å². The number of ether oxygens (including phenoxy) is 1. The fraction of sp³-hybridized carbons (Fsp3) is 0.538. The van der Waals surface area contributed by atoms with E-state index in [0.29, 0.717) is 31.2 Å². The van der Waals surface area contributed by atoms with Crippen molar-refractivity contribution < 1.29 is 9.53 Å². The van der Waals surface area contributed by atoms with Gasteiger partial charge < -0.3 is 15.4 Å². The summed E-state index contributed by atoms with van der Waals surface area (Å²) in [6.07, 6.45) is 1.58. The molecule has 0 aliphatic heterocycles. The number of carbonyl (C=O) groups excluding carboxylic acids is 1. The first kappa shape index (κ1) is 15.9. The van der Waals surface area contributed by atoms with Gasteiger partial charge in [0.2, 0.25) is 0 Å². The Hall–Kier alpha value is -1.14. The van der Waals surface area contributed by atoms with Crippen LogP contribution >= 0.6 is 15.9 Å². The highest BCUT2D eigenvalue weighted by atomic mass is 79.9. The van der Waals surface area contributed by atoms with Crippen molar-refractivity contribution in [2.75, 3.05) is 32.5 Å². The molecule has 1 aromatic rings. The lowest BCUT2D eigenvalue weighted by Gasteiger charge is -2.24. The molecule has 0 aliphatic rings. The summed E-state index contributed by atoms with van der Waals surface area (Å²) in [5, 5.41) is 0. The summed E-state index contributed by atoms with van der Waals surface area (Å²) in [4.78, 5) is 18.2. The molecular formula is C13H20BrN3O2. The zero-order valence-corrected chi connectivity index (χ0v) is 13.1. The Morgan fingerprint density at radius 3 is 2.84 bits per heavy atom. The number of nitrogens with zero attached hydrogens (tertiary/aromatic N) is 2. The quantitative estimate of drug-likeness (QED) is 0.868. The normalized spacial score (nSPS) is 10.8. The van der Waals surface area contributed by atoms with Gasteiger partial charge in [-0.3, -0.25) is 4.79 Å². The molecule has 0 unspecified atom stereocenters. The first-order valence-corrected chi connectivity index (χ1v) is 6.94. The zero-order valence-electron chi connectivity index (χ0n) is 11.5. The van der Waals surface area contributed by atoms with Gasteiger partial charge in [0.15, 0.2) is 0 Å². The van der Waals surface area contributed by atoms with Gasteiger partial charge in [-0.25, -0.2) is 4.98 Å². The van der Waals surface area contributed by atoms with E-state index >= 15 is 0 Å². The van der Waals surface area contributed by atoms with Crippen LogP contribution in [0.4, 0.5) is 5.82 Å². The number of hydrogen-bond donors (Lipinski definition) is 1. The van der Waals surface area contributed by atoms with Crippen molar-refractivity contribution in [1.29, 1.82) is 0 Å². The van der Waals surface area contributed by atoms with E-state index in [4.69, 9.17) is 10.5 Å². The fourth-order valence-corrected chi connectivity index (χ4v) is 2.04. The number of nitrogen functional groups attached to an aromatic ring is 1. The standard InChI is InChI=1S/C13H20BrN3O2/c1-9(2)8-17(4-5-19-3)13(18)11-6-10(14)7-16-12(11)15/h6-7,9H,4-5,8H2,1-3H3,(H2,15,16). The largest absolute Gasteiger partial charge is 0.383 e. The SMILES string of the molecule is COCCN(CC(C)C)C(=O)c1cc(Br)cnc1N. The average Bonchev–Trinajstić information content (AvgIpc) is 2.36. The van der Waals surface area contributed by atoms with Gasteiger partial charge in [0.05, 0.1) is 12.2 Å². The summed E-state index contributed by atoms with van der Waals surface area (Å²) in [7, 11) is 1.62. The van der Waals surface area contributed by atoms with Crippen LogP contribution < -0.4 is 5.73 Å². The maximum atomic E-state index is 12.5. The molecule has 2 N–H and O–H groups in total. The van der Waals surface area contributed by atoms with Crippen molar-refractivity contribution in [3.05, 3.63) is 22.3 Å². The molecular weight excluding hydrogens is 310 g/mol. The van der Waals surface area contributed by atoms with Crippen molar-refractivity contribution in [1.82, 2.24) is 9.88 Å². The highest BCUT2D eigenvalue weighted by Crippen LogP contribution is 2.18. The molecule has 106 valence electrons. The van der Waals surface area contributed by atoms with E-state index in [1.165, 1.54) is 0 Å². The summed E-state index contributed by atoms with van der Waals surface area (Å²) in [5.41, 5.74) is 6.20. The van der Waals surface area contributed by atoms with Crippen LogP contribution in [0.5, 0.6) is 0 Å². The second kappa shape index (κ2) is 7.45. The predicted molar refractivity (Wildman–Crippen MR) is 79.0 cm³/mol. The third-order valence-corrected chi connectivity index (χ3v) is 2.99. The molecule has 1 heterocycles. The zero-order chi connectivity index (χ0) is 14.4. The minimum absolute atomic E-state index is 0.114. The smallest absolute Gasteiger partial charge is 0.257 e. The molecule has 0 fully saturated rings. The number of carbonyl (C=O) groups is 1. The summed E-state index contributed by atoms with van der Waals surface area (Å²) in [6, 6.07) is 1.70. The second-order valence-corrected chi connectivity index (χ2v) is 5.64. The number of halogens is 1. The summed E-state index contributed by atoms with van der Waals surface area (Å²) in [5.74, 6) is 0.513. The van der Waals surface area contributed by atoms with Crippen LogP contribution in [0.1, 0.15) is 24.2 Å². The number of methoxy groups -OCH3 is 1. The number of amides is 1. The minimum atomic E-state index is -0.114. The van der Waals surface area contributed by atoms with Gasteiger partial charge in [0.25, 0.3) is 5.91 Å². The predicted octanol–water partition coefficient (Wildman–Crippen LogP) is 2.17. The first-order chi connectivity index (χ1) is 8.95. The molecule has 0 aromatic carbocycles. The van der Waals surface area contributed by atoms with E-state index in [2.05, 4.69) is 34.8 Å². The van der Waals surface area contributed by atoms with Crippen molar-refractivity contribution in [3.63, 3.8) is 0 Å². The molecule has 19 heavy (non-hydrogen) atoms. The van der Waals surface area contributed by atoms with Crippen LogP contribution in [0.3, 0.4) is 0 Å². The van der Waals surface area contributed by atoms with Crippen LogP contribution in [-0.4, -0.2) is 42.6 Å². The highest BCUT2D eigenvalue weighted by Gasteiger charge is 2.19. The molecule has 0 bridgehead atoms. The van der Waals surface area contributed by atoms with Crippen LogP contribution in [0, 0.1) is 5.92 Å². The lowest BCUT2D eigenvalue weighted by molar-refractivity contribution is 0.0673. The van der Waals surface area contributed by atoms with E-state index < -0.39 is 0 Å². The summed E-state index contributed by atoms with van der Waals surface area (Å²) >= 11 is 3.30. The number of hydrogen-bond acceptors (Lipinski definition) is 4. The molecule has 0 spiro atoms. The van der Waals surface area contributed by atoms with E-state index in [1.807, 2.05) is 0 Å². The third kappa shape index (κ3) is 4.80. The maximum Gasteiger partial charge on any atom is 0.257 e. The van der Waals surface area contributed by atoms with Crippen LogP contribution in [-0.2, 0) is 4.74 Å². The van der Waals surface area contributed by atoms with Gasteiger partial charge in [-0.05, 0) is 27.9 Å². The summed E-state index contributed by atoms with van der Waals surface area (Å²) in [6.45, 7) is 5.83. The topological polar surface area (TPSA) is 68.5 Å². The molecule has 1 aromatic heterocycles. The molecule has 1 rings (SSSR count). The van der Waals surface area contributed by atoms with Crippen LogP contribution in [0.2, 0.25) is 0 Å². The Morgan fingerprint density at radius 2 is 2.26 bits per heavy atom. The molecule has 0 atom stereocenters. The number of anilines is 1. The van der Waals surface area contributed by atoms with Gasteiger partial charge in [0.1, 0.15) is 5.82 Å². The number of aromatic nitrogens is 1. The third-order valence-electron chi connectivity index (χ3n) is 2.55. The average molecular weight is 330 g/mol. The van der Waals surface area contributed by atoms with E-state index in [9.17, 15) is 4.79 Å². The molecule has 0 aliphatic carbocycles. The Bertz CT molecular complexity index is 438. The lowest BCUT2D eigenvalue weighted by atomic mass is 10.1. The van der Waals surface area contributed by atoms with Crippen molar-refractivity contribution >= 4 is 27.7 Å². The molecule has 0 saturated heterocycles. The van der Waals surface area contributed by atoms with Gasteiger partial charge in [-0.2, -0.15) is 0 Å². The summed E-state index contributed by atoms with van der Waals surface area (Å²) < 4.78 is 5.78. The van der Waals surface area contributed by atoms with Gasteiger partial charge in [-0.1, -0.05) is 13.8 Å². The molecule has 0 radical (unpaired) electrons. The number of nitrogens with two attached hydrogens (primary N) is 1. The Morgan fingerprint density at radius 1 is 1.58 bits per heavy atom. The van der Waals surface area contributed by atoms with E-state index in [1.54, 1.807) is 24.3 Å². The van der Waals surface area contributed by atoms with Gasteiger partial charge >= 0.3 is 0 Å². The van der Waals surface area contributed by atoms with Crippen molar-refractivity contribution in [2.45, 2.75) is 13.8 Å². The monoisotopic (exact) mass is 329 g/mol. The molecule has 0 saturated carbocycles. The lowest BCUT2D eigenvalue weighted by Crippen LogP contribution is -2.37. The maximum absolute atomic E-state index is 12.5. The van der Waals surface area contributed by atoms with E-state index in [0.717, 1.165) is 4.47 Å². The number of pyridine rings is 1. The molecule has 5 nitrogen and oxygen atoms in total.